The molecule has 0 atom stereocenters. The molecule has 1 saturated heterocycles. The van der Waals surface area contributed by atoms with Gasteiger partial charge < -0.3 is 14.8 Å². The van der Waals surface area contributed by atoms with Crippen molar-refractivity contribution in [2.45, 2.75) is 25.7 Å². The number of carbonyl (C=O) groups excluding carboxylic acids is 3. The van der Waals surface area contributed by atoms with Crippen LogP contribution < -0.4 is 14.8 Å². The highest BCUT2D eigenvalue weighted by molar-refractivity contribution is 9.10. The molecule has 2 aromatic rings. The third-order valence-corrected chi connectivity index (χ3v) is 5.99. The smallest absolute Gasteiger partial charge is 0.231 e. The number of hydrogen-bond acceptors (Lipinski definition) is 6. The first kappa shape index (κ1) is 20.8. The minimum Gasteiger partial charge on any atom is -0.454 e. The summed E-state index contributed by atoms with van der Waals surface area (Å²) >= 11 is 3.36. The number of halogens is 1. The molecular formula is C23H22BrNO5. The first-order valence-electron chi connectivity index (χ1n) is 10.00. The zero-order valence-electron chi connectivity index (χ0n) is 16.4. The number of Topliss-reactive ketones (excluding diaryl/α,β-unsaturated/α-hetero) is 3. The second kappa shape index (κ2) is 9.10. The van der Waals surface area contributed by atoms with E-state index in [1.165, 1.54) is 0 Å². The molecule has 30 heavy (non-hydrogen) atoms. The maximum atomic E-state index is 13.2. The van der Waals surface area contributed by atoms with Crippen LogP contribution in [0.3, 0.4) is 0 Å². The van der Waals surface area contributed by atoms with Crippen LogP contribution in [-0.2, 0) is 11.2 Å². The molecule has 6 nitrogen and oxygen atoms in total. The zero-order chi connectivity index (χ0) is 21.1. The monoisotopic (exact) mass is 471 g/mol. The van der Waals surface area contributed by atoms with E-state index in [4.69, 9.17) is 9.47 Å². The van der Waals surface area contributed by atoms with Gasteiger partial charge in [-0.3, -0.25) is 14.4 Å². The second-order valence-corrected chi connectivity index (χ2v) is 8.47. The third-order valence-electron chi connectivity index (χ3n) is 5.47. The lowest BCUT2D eigenvalue weighted by atomic mass is 9.85. The van der Waals surface area contributed by atoms with E-state index in [0.29, 0.717) is 11.3 Å². The van der Waals surface area contributed by atoms with Gasteiger partial charge >= 0.3 is 0 Å². The highest BCUT2D eigenvalue weighted by atomic mass is 79.9. The molecule has 2 aliphatic rings. The number of benzene rings is 2. The van der Waals surface area contributed by atoms with Gasteiger partial charge in [0.05, 0.1) is 12.0 Å². The van der Waals surface area contributed by atoms with Crippen LogP contribution in [0.2, 0.25) is 0 Å². The third kappa shape index (κ3) is 4.47. The summed E-state index contributed by atoms with van der Waals surface area (Å²) in [6.45, 7) is 1.54. The molecule has 4 rings (SSSR count). The molecule has 0 radical (unpaired) electrons. The molecule has 0 unspecified atom stereocenters. The van der Waals surface area contributed by atoms with Crippen molar-refractivity contribution >= 4 is 33.3 Å². The van der Waals surface area contributed by atoms with E-state index in [0.717, 1.165) is 36.0 Å². The Balaban J connectivity index is 1.57. The Kier molecular flexibility index (Phi) is 6.29. The molecule has 0 aliphatic carbocycles. The summed E-state index contributed by atoms with van der Waals surface area (Å²) in [5.74, 6) is -0.122. The van der Waals surface area contributed by atoms with Gasteiger partial charge in [-0.2, -0.15) is 0 Å². The quantitative estimate of drug-likeness (QED) is 0.489. The second-order valence-electron chi connectivity index (χ2n) is 7.55. The normalized spacial score (nSPS) is 15.8. The molecule has 0 bridgehead atoms. The van der Waals surface area contributed by atoms with Crippen LogP contribution in [-0.4, -0.2) is 37.2 Å². The Morgan fingerprint density at radius 3 is 2.47 bits per heavy atom. The number of ketones is 3. The number of rotatable bonds is 7. The number of ether oxygens (including phenoxy) is 2. The molecule has 2 aromatic carbocycles. The Hall–Kier alpha value is -2.51. The average Bonchev–Trinajstić information content (AvgIpc) is 3.23. The van der Waals surface area contributed by atoms with E-state index >= 15 is 0 Å². The van der Waals surface area contributed by atoms with Crippen LogP contribution in [0.25, 0.3) is 0 Å². The van der Waals surface area contributed by atoms with Crippen molar-refractivity contribution < 1.29 is 23.9 Å². The van der Waals surface area contributed by atoms with E-state index in [2.05, 4.69) is 21.2 Å². The van der Waals surface area contributed by atoms with Crippen molar-refractivity contribution in [2.24, 2.45) is 5.92 Å². The minimum atomic E-state index is -0.406. The molecule has 2 heterocycles. The first-order chi connectivity index (χ1) is 14.5. The Morgan fingerprint density at radius 1 is 1.00 bits per heavy atom. The predicted octanol–water partition coefficient (Wildman–Crippen LogP) is 3.74. The summed E-state index contributed by atoms with van der Waals surface area (Å²) in [5.41, 5.74) is 1.34. The predicted molar refractivity (Wildman–Crippen MR) is 114 cm³/mol. The van der Waals surface area contributed by atoms with Crippen LogP contribution in [0, 0.1) is 5.92 Å². The van der Waals surface area contributed by atoms with Crippen LogP contribution in [0.5, 0.6) is 11.5 Å². The molecule has 7 heteroatoms. The Labute approximate surface area is 183 Å². The summed E-state index contributed by atoms with van der Waals surface area (Å²) in [6.07, 6.45) is 1.32. The number of fused-ring (bicyclic) bond motifs is 1. The standard InChI is InChI=1S/C23H22BrNO5/c24-16-3-1-14(2-4-16)11-17(26)12-19(27)21-18(5-6-20-23(21)30-13-29-20)22(28)15-7-9-25-10-8-15/h1-6,15,25H,7-13H2. The first-order valence-corrected chi connectivity index (χ1v) is 10.8. The molecule has 0 aromatic heterocycles. The molecule has 1 N–H and O–H groups in total. The molecule has 1 fully saturated rings. The van der Waals surface area contributed by atoms with Gasteiger partial charge in [-0.15, -0.1) is 0 Å². The molecule has 2 aliphatic heterocycles. The van der Waals surface area contributed by atoms with Crippen molar-refractivity contribution in [3.05, 3.63) is 57.6 Å². The highest BCUT2D eigenvalue weighted by Gasteiger charge is 2.32. The largest absolute Gasteiger partial charge is 0.454 e. The van der Waals surface area contributed by atoms with Gasteiger partial charge in [0.1, 0.15) is 5.78 Å². The lowest BCUT2D eigenvalue weighted by Crippen LogP contribution is -2.32. The highest BCUT2D eigenvalue weighted by Crippen LogP contribution is 2.39. The Morgan fingerprint density at radius 2 is 1.73 bits per heavy atom. The lowest BCUT2D eigenvalue weighted by Gasteiger charge is -2.22. The van der Waals surface area contributed by atoms with Crippen LogP contribution in [0.1, 0.15) is 45.5 Å². The van der Waals surface area contributed by atoms with E-state index in [9.17, 15) is 14.4 Å². The summed E-state index contributed by atoms with van der Waals surface area (Å²) in [6, 6.07) is 10.7. The summed E-state index contributed by atoms with van der Waals surface area (Å²) < 4.78 is 11.8. The maximum Gasteiger partial charge on any atom is 0.231 e. The fourth-order valence-corrected chi connectivity index (χ4v) is 4.18. The average molecular weight is 472 g/mol. The summed E-state index contributed by atoms with van der Waals surface area (Å²) in [7, 11) is 0. The number of carbonyl (C=O) groups is 3. The van der Waals surface area contributed by atoms with E-state index in [1.54, 1.807) is 12.1 Å². The van der Waals surface area contributed by atoms with Crippen LogP contribution in [0.4, 0.5) is 0 Å². The maximum absolute atomic E-state index is 13.2. The molecule has 0 spiro atoms. The SMILES string of the molecule is O=C(CC(=O)c1c(C(=O)C2CCNCC2)ccc2c1OCO2)Cc1ccc(Br)cc1. The van der Waals surface area contributed by atoms with Crippen molar-refractivity contribution in [2.75, 3.05) is 19.9 Å². The summed E-state index contributed by atoms with van der Waals surface area (Å²) in [4.78, 5) is 38.9. The van der Waals surface area contributed by atoms with E-state index in [1.807, 2.05) is 24.3 Å². The van der Waals surface area contributed by atoms with Gasteiger partial charge in [-0.05, 0) is 55.8 Å². The van der Waals surface area contributed by atoms with Crippen molar-refractivity contribution in [1.29, 1.82) is 0 Å². The fraction of sp³-hybridized carbons (Fsp3) is 0.348. The topological polar surface area (TPSA) is 81.7 Å². The number of piperidine rings is 1. The van der Waals surface area contributed by atoms with Crippen LogP contribution >= 0.6 is 15.9 Å². The summed E-state index contributed by atoms with van der Waals surface area (Å²) in [5, 5.41) is 3.24. The Bertz CT molecular complexity index is 980. The van der Waals surface area contributed by atoms with Crippen molar-refractivity contribution in [1.82, 2.24) is 5.32 Å². The van der Waals surface area contributed by atoms with Gasteiger partial charge in [0, 0.05) is 22.4 Å². The van der Waals surface area contributed by atoms with Crippen LogP contribution in [0.15, 0.2) is 40.9 Å². The van der Waals surface area contributed by atoms with E-state index < -0.39 is 5.78 Å². The number of hydrogen-bond donors (Lipinski definition) is 1. The minimum absolute atomic E-state index is 0.00650. The fourth-order valence-electron chi connectivity index (χ4n) is 3.92. The lowest BCUT2D eigenvalue weighted by molar-refractivity contribution is -0.117. The van der Waals surface area contributed by atoms with Crippen molar-refractivity contribution in [3.63, 3.8) is 0 Å². The molecule has 0 saturated carbocycles. The number of nitrogens with one attached hydrogen (secondary N) is 1. The van der Waals surface area contributed by atoms with E-state index in [-0.39, 0.29) is 48.4 Å². The molecular weight excluding hydrogens is 450 g/mol. The van der Waals surface area contributed by atoms with Crippen molar-refractivity contribution in [3.8, 4) is 11.5 Å². The molecule has 0 amide bonds. The van der Waals surface area contributed by atoms with Gasteiger partial charge in [0.25, 0.3) is 0 Å². The van der Waals surface area contributed by atoms with Gasteiger partial charge in [-0.1, -0.05) is 28.1 Å². The van der Waals surface area contributed by atoms with Gasteiger partial charge in [0.2, 0.25) is 6.79 Å². The van der Waals surface area contributed by atoms with Gasteiger partial charge in [0.15, 0.2) is 23.1 Å². The van der Waals surface area contributed by atoms with Gasteiger partial charge in [-0.25, -0.2) is 0 Å². The zero-order valence-corrected chi connectivity index (χ0v) is 18.0. The molecule has 156 valence electrons.